The molecule has 4 rings (SSSR count). The summed E-state index contributed by atoms with van der Waals surface area (Å²) in [5.74, 6) is -0.849. The molecule has 1 heterocycles. The Morgan fingerprint density at radius 1 is 1.07 bits per heavy atom. The molecule has 1 amide bonds. The highest BCUT2D eigenvalue weighted by Gasteiger charge is 2.25. The standard InChI is InChI=1S/C21H17BrN2O3/c22-13-8-10-14(11-9-13)23-19(25)12-27-21(26)20-15-4-1-2-6-17(15)24-18-7-3-5-16(18)20/h1-2,4,6,8-11H,3,5,7,12H2,(H,23,25). The van der Waals surface area contributed by atoms with Crippen molar-refractivity contribution >= 4 is 44.4 Å². The third kappa shape index (κ3) is 3.71. The molecule has 136 valence electrons. The Kier molecular flexibility index (Phi) is 4.90. The Labute approximate surface area is 164 Å². The lowest BCUT2D eigenvalue weighted by Crippen LogP contribution is -2.21. The van der Waals surface area contributed by atoms with Crippen LogP contribution in [0.15, 0.2) is 53.0 Å². The second-order valence-corrected chi connectivity index (χ2v) is 7.33. The molecule has 2 aromatic carbocycles. The monoisotopic (exact) mass is 424 g/mol. The van der Waals surface area contributed by atoms with Crippen LogP contribution in [0.25, 0.3) is 10.9 Å². The molecule has 1 aromatic heterocycles. The van der Waals surface area contributed by atoms with Crippen LogP contribution in [-0.4, -0.2) is 23.5 Å². The number of ether oxygens (including phenoxy) is 1. The van der Waals surface area contributed by atoms with Gasteiger partial charge in [0.2, 0.25) is 0 Å². The summed E-state index contributed by atoms with van der Waals surface area (Å²) in [6.07, 6.45) is 2.65. The van der Waals surface area contributed by atoms with Gasteiger partial charge in [-0.2, -0.15) is 0 Å². The zero-order valence-electron chi connectivity index (χ0n) is 14.5. The summed E-state index contributed by atoms with van der Waals surface area (Å²) in [5, 5.41) is 3.49. The number of anilines is 1. The van der Waals surface area contributed by atoms with Crippen molar-refractivity contribution in [1.82, 2.24) is 4.98 Å². The molecule has 6 heteroatoms. The number of aromatic nitrogens is 1. The first kappa shape index (κ1) is 17.7. The number of rotatable bonds is 4. The van der Waals surface area contributed by atoms with E-state index >= 15 is 0 Å². The molecule has 0 unspecified atom stereocenters. The average molecular weight is 425 g/mol. The van der Waals surface area contributed by atoms with Crippen molar-refractivity contribution in [2.45, 2.75) is 19.3 Å². The lowest BCUT2D eigenvalue weighted by atomic mass is 10.0. The van der Waals surface area contributed by atoms with Gasteiger partial charge >= 0.3 is 5.97 Å². The molecule has 0 radical (unpaired) electrons. The van der Waals surface area contributed by atoms with Crippen molar-refractivity contribution in [2.24, 2.45) is 0 Å². The second kappa shape index (κ2) is 7.48. The van der Waals surface area contributed by atoms with Gasteiger partial charge in [-0.15, -0.1) is 0 Å². The van der Waals surface area contributed by atoms with E-state index < -0.39 is 5.97 Å². The fourth-order valence-corrected chi connectivity index (χ4v) is 3.64. The van der Waals surface area contributed by atoms with Gasteiger partial charge in [-0.1, -0.05) is 34.1 Å². The van der Waals surface area contributed by atoms with Crippen LogP contribution in [0.4, 0.5) is 5.69 Å². The molecule has 0 saturated heterocycles. The number of halogens is 1. The van der Waals surface area contributed by atoms with Crippen molar-refractivity contribution in [1.29, 1.82) is 0 Å². The lowest BCUT2D eigenvalue weighted by Gasteiger charge is -2.12. The van der Waals surface area contributed by atoms with E-state index in [0.29, 0.717) is 11.3 Å². The van der Waals surface area contributed by atoms with Gasteiger partial charge in [0.05, 0.1) is 11.1 Å². The van der Waals surface area contributed by atoms with E-state index in [-0.39, 0.29) is 12.5 Å². The first-order valence-electron chi connectivity index (χ1n) is 8.75. The summed E-state index contributed by atoms with van der Waals surface area (Å²) in [7, 11) is 0. The van der Waals surface area contributed by atoms with Crippen molar-refractivity contribution in [3.8, 4) is 0 Å². The Morgan fingerprint density at radius 2 is 1.85 bits per heavy atom. The minimum Gasteiger partial charge on any atom is -0.452 e. The number of hydrogen-bond donors (Lipinski definition) is 1. The molecular weight excluding hydrogens is 408 g/mol. The number of nitrogens with one attached hydrogen (secondary N) is 1. The van der Waals surface area contributed by atoms with E-state index in [4.69, 9.17) is 4.74 Å². The predicted molar refractivity (Wildman–Crippen MR) is 107 cm³/mol. The number of amides is 1. The van der Waals surface area contributed by atoms with Crippen LogP contribution >= 0.6 is 15.9 Å². The molecule has 5 nitrogen and oxygen atoms in total. The fourth-order valence-electron chi connectivity index (χ4n) is 3.38. The normalized spacial score (nSPS) is 12.6. The van der Waals surface area contributed by atoms with Crippen LogP contribution in [-0.2, 0) is 22.4 Å². The van der Waals surface area contributed by atoms with E-state index in [1.807, 2.05) is 36.4 Å². The van der Waals surface area contributed by atoms with Crippen molar-refractivity contribution < 1.29 is 14.3 Å². The zero-order valence-corrected chi connectivity index (χ0v) is 16.1. The smallest absolute Gasteiger partial charge is 0.339 e. The molecule has 0 spiro atoms. The van der Waals surface area contributed by atoms with E-state index in [0.717, 1.165) is 45.9 Å². The molecule has 3 aromatic rings. The number of benzene rings is 2. The van der Waals surface area contributed by atoms with Gasteiger partial charge in [-0.05, 0) is 55.2 Å². The van der Waals surface area contributed by atoms with Crippen molar-refractivity contribution in [3.05, 3.63) is 69.8 Å². The molecule has 1 aliphatic carbocycles. The number of carbonyl (C=O) groups excluding carboxylic acids is 2. The summed E-state index contributed by atoms with van der Waals surface area (Å²) < 4.78 is 6.25. The maximum absolute atomic E-state index is 12.8. The Hall–Kier alpha value is -2.73. The number of esters is 1. The highest BCUT2D eigenvalue weighted by atomic mass is 79.9. The largest absolute Gasteiger partial charge is 0.452 e. The minimum absolute atomic E-state index is 0.333. The van der Waals surface area contributed by atoms with Gasteiger partial charge in [0, 0.05) is 21.2 Å². The van der Waals surface area contributed by atoms with E-state index in [1.54, 1.807) is 12.1 Å². The van der Waals surface area contributed by atoms with Crippen molar-refractivity contribution in [2.75, 3.05) is 11.9 Å². The van der Waals surface area contributed by atoms with Crippen LogP contribution in [0.1, 0.15) is 28.0 Å². The topological polar surface area (TPSA) is 68.3 Å². The molecule has 0 fully saturated rings. The lowest BCUT2D eigenvalue weighted by molar-refractivity contribution is -0.119. The number of fused-ring (bicyclic) bond motifs is 2. The molecule has 0 aliphatic heterocycles. The average Bonchev–Trinajstić information content (AvgIpc) is 3.14. The van der Waals surface area contributed by atoms with Crippen LogP contribution < -0.4 is 5.32 Å². The number of hydrogen-bond acceptors (Lipinski definition) is 4. The Bertz CT molecular complexity index is 1030. The maximum Gasteiger partial charge on any atom is 0.339 e. The van der Waals surface area contributed by atoms with Crippen LogP contribution in [0.5, 0.6) is 0 Å². The van der Waals surface area contributed by atoms with Crippen LogP contribution in [0, 0.1) is 0 Å². The van der Waals surface area contributed by atoms with Gasteiger partial charge < -0.3 is 10.1 Å². The molecule has 0 saturated carbocycles. The van der Waals surface area contributed by atoms with E-state index in [9.17, 15) is 9.59 Å². The molecule has 27 heavy (non-hydrogen) atoms. The van der Waals surface area contributed by atoms with Gasteiger partial charge in [0.15, 0.2) is 6.61 Å². The fraction of sp³-hybridized carbons (Fsp3) is 0.190. The minimum atomic E-state index is -0.474. The third-order valence-corrected chi connectivity index (χ3v) is 5.11. The van der Waals surface area contributed by atoms with Crippen molar-refractivity contribution in [3.63, 3.8) is 0 Å². The van der Waals surface area contributed by atoms with Gasteiger partial charge in [-0.3, -0.25) is 9.78 Å². The highest BCUT2D eigenvalue weighted by molar-refractivity contribution is 9.10. The second-order valence-electron chi connectivity index (χ2n) is 6.41. The third-order valence-electron chi connectivity index (χ3n) is 4.59. The summed E-state index contributed by atoms with van der Waals surface area (Å²) in [6, 6.07) is 14.7. The summed E-state index contributed by atoms with van der Waals surface area (Å²) in [4.78, 5) is 29.6. The zero-order chi connectivity index (χ0) is 18.8. The predicted octanol–water partition coefficient (Wildman–Crippen LogP) is 4.28. The van der Waals surface area contributed by atoms with Crippen LogP contribution in [0.2, 0.25) is 0 Å². The summed E-state index contributed by atoms with van der Waals surface area (Å²) >= 11 is 3.34. The molecule has 0 atom stereocenters. The molecule has 1 N–H and O–H groups in total. The maximum atomic E-state index is 12.8. The highest BCUT2D eigenvalue weighted by Crippen LogP contribution is 2.30. The summed E-state index contributed by atoms with van der Waals surface area (Å²) in [6.45, 7) is -0.333. The SMILES string of the molecule is O=C(COC(=O)c1c2c(nc3ccccc13)CCC2)Nc1ccc(Br)cc1. The molecular formula is C21H17BrN2O3. The van der Waals surface area contributed by atoms with E-state index in [2.05, 4.69) is 26.2 Å². The molecule has 1 aliphatic rings. The number of pyridine rings is 1. The van der Waals surface area contributed by atoms with E-state index in [1.165, 1.54) is 0 Å². The number of aryl methyl sites for hydroxylation is 1. The Balaban J connectivity index is 1.52. The van der Waals surface area contributed by atoms with Gasteiger partial charge in [0.25, 0.3) is 5.91 Å². The van der Waals surface area contributed by atoms with Gasteiger partial charge in [-0.25, -0.2) is 4.79 Å². The van der Waals surface area contributed by atoms with Crippen LogP contribution in [0.3, 0.4) is 0 Å². The first-order chi connectivity index (χ1) is 13.1. The number of para-hydroxylation sites is 1. The Morgan fingerprint density at radius 3 is 2.67 bits per heavy atom. The first-order valence-corrected chi connectivity index (χ1v) is 9.54. The quantitative estimate of drug-likeness (QED) is 0.634. The van der Waals surface area contributed by atoms with Gasteiger partial charge in [0.1, 0.15) is 0 Å². The number of nitrogens with zero attached hydrogens (tertiary/aromatic N) is 1. The summed E-state index contributed by atoms with van der Waals surface area (Å²) in [5.41, 5.74) is 3.88. The molecule has 0 bridgehead atoms. The number of carbonyl (C=O) groups is 2.